The summed E-state index contributed by atoms with van der Waals surface area (Å²) >= 11 is 0. The summed E-state index contributed by atoms with van der Waals surface area (Å²) in [4.78, 5) is 0.459. The molecular weight excluding hydrogens is 358 g/mol. The third-order valence-corrected chi connectivity index (χ3v) is 7.54. The average molecular weight is 382 g/mol. The second-order valence-electron chi connectivity index (χ2n) is 6.28. The summed E-state index contributed by atoms with van der Waals surface area (Å²) in [5.74, 6) is 0. The summed E-state index contributed by atoms with van der Waals surface area (Å²) in [7, 11) is -5.40. The zero-order chi connectivity index (χ0) is 19.0. The summed E-state index contributed by atoms with van der Waals surface area (Å²) in [5.41, 5.74) is 2.67. The highest BCUT2D eigenvalue weighted by Crippen LogP contribution is 2.27. The molecule has 2 aromatic carbocycles. The minimum Gasteiger partial charge on any atom is -0.224 e. The van der Waals surface area contributed by atoms with Gasteiger partial charge in [-0.05, 0) is 61.7 Å². The minimum absolute atomic E-state index is 0.211. The second kappa shape index (κ2) is 6.90. The van der Waals surface area contributed by atoms with Crippen LogP contribution in [0.4, 0.5) is 0 Å². The van der Waals surface area contributed by atoms with Crippen LogP contribution in [0.25, 0.3) is 0 Å². The number of aryl methyl sites for hydroxylation is 2. The molecule has 7 heteroatoms. The lowest BCUT2D eigenvalue weighted by Crippen LogP contribution is -2.30. The van der Waals surface area contributed by atoms with Crippen LogP contribution in [0.1, 0.15) is 29.7 Å². The predicted octanol–water partition coefficient (Wildman–Crippen LogP) is 3.09. The van der Waals surface area contributed by atoms with Gasteiger partial charge < -0.3 is 0 Å². The Balaban J connectivity index is 2.35. The Labute approximate surface area is 150 Å². The van der Waals surface area contributed by atoms with E-state index in [0.29, 0.717) is 0 Å². The highest BCUT2D eigenvalue weighted by Gasteiger charge is 2.26. The standard InChI is InChI=1S/C18H23NO4S2/c1-13-6-9-18(12-14(13)2)25(22,23)19(4)15(3)16-7-10-17(11-8-16)24(5,20)21/h6-12,15H,1-5H3. The van der Waals surface area contributed by atoms with Crippen molar-refractivity contribution in [3.05, 3.63) is 59.2 Å². The third-order valence-electron chi connectivity index (χ3n) is 4.49. The molecule has 0 saturated heterocycles. The quantitative estimate of drug-likeness (QED) is 0.798. The number of sulfonamides is 1. The Morgan fingerprint density at radius 2 is 1.36 bits per heavy atom. The van der Waals surface area contributed by atoms with E-state index >= 15 is 0 Å². The molecule has 0 saturated carbocycles. The van der Waals surface area contributed by atoms with Gasteiger partial charge in [0.1, 0.15) is 0 Å². The Kier molecular flexibility index (Phi) is 5.41. The van der Waals surface area contributed by atoms with Crippen LogP contribution in [0, 0.1) is 13.8 Å². The summed E-state index contributed by atoms with van der Waals surface area (Å²) < 4.78 is 50.1. The van der Waals surface area contributed by atoms with Crippen LogP contribution in [0.15, 0.2) is 52.3 Å². The first-order valence-corrected chi connectivity index (χ1v) is 11.1. The van der Waals surface area contributed by atoms with Crippen LogP contribution < -0.4 is 0 Å². The van der Waals surface area contributed by atoms with Gasteiger partial charge in [0.2, 0.25) is 10.0 Å². The highest BCUT2D eigenvalue weighted by atomic mass is 32.2. The molecule has 0 amide bonds. The van der Waals surface area contributed by atoms with E-state index < -0.39 is 25.9 Å². The lowest BCUT2D eigenvalue weighted by Gasteiger charge is -2.25. The fourth-order valence-electron chi connectivity index (χ4n) is 2.45. The molecule has 0 fully saturated rings. The molecule has 0 heterocycles. The number of hydrogen-bond donors (Lipinski definition) is 0. The molecule has 0 aliphatic heterocycles. The normalized spacial score (nSPS) is 13.8. The maximum atomic E-state index is 12.9. The van der Waals surface area contributed by atoms with Gasteiger partial charge in [0.25, 0.3) is 0 Å². The molecule has 0 bridgehead atoms. The Hall–Kier alpha value is -1.70. The molecular formula is C18H23NO4S2. The first-order chi connectivity index (χ1) is 11.4. The SMILES string of the molecule is Cc1ccc(S(=O)(=O)N(C)C(C)c2ccc(S(C)(=O)=O)cc2)cc1C. The van der Waals surface area contributed by atoms with E-state index in [1.54, 1.807) is 37.3 Å². The topological polar surface area (TPSA) is 71.5 Å². The second-order valence-corrected chi connectivity index (χ2v) is 10.3. The zero-order valence-corrected chi connectivity index (χ0v) is 16.6. The molecule has 0 N–H and O–H groups in total. The highest BCUT2D eigenvalue weighted by molar-refractivity contribution is 7.90. The number of rotatable bonds is 5. The average Bonchev–Trinajstić information content (AvgIpc) is 2.55. The van der Waals surface area contributed by atoms with E-state index in [1.807, 2.05) is 13.8 Å². The zero-order valence-electron chi connectivity index (χ0n) is 15.0. The lowest BCUT2D eigenvalue weighted by atomic mass is 10.1. The number of benzene rings is 2. The maximum absolute atomic E-state index is 12.9. The lowest BCUT2D eigenvalue weighted by molar-refractivity contribution is 0.398. The van der Waals surface area contributed by atoms with Crippen molar-refractivity contribution in [3.8, 4) is 0 Å². The Morgan fingerprint density at radius 3 is 1.84 bits per heavy atom. The van der Waals surface area contributed by atoms with Gasteiger partial charge in [-0.2, -0.15) is 4.31 Å². The van der Waals surface area contributed by atoms with Crippen LogP contribution in [0.2, 0.25) is 0 Å². The largest absolute Gasteiger partial charge is 0.243 e. The van der Waals surface area contributed by atoms with Crippen molar-refractivity contribution in [2.45, 2.75) is 36.6 Å². The van der Waals surface area contributed by atoms with Crippen molar-refractivity contribution in [2.24, 2.45) is 0 Å². The van der Waals surface area contributed by atoms with E-state index in [-0.39, 0.29) is 9.79 Å². The van der Waals surface area contributed by atoms with E-state index in [9.17, 15) is 16.8 Å². The van der Waals surface area contributed by atoms with Crippen molar-refractivity contribution < 1.29 is 16.8 Å². The molecule has 25 heavy (non-hydrogen) atoms. The van der Waals surface area contributed by atoms with E-state index in [2.05, 4.69) is 0 Å². The van der Waals surface area contributed by atoms with Crippen LogP contribution >= 0.6 is 0 Å². The van der Waals surface area contributed by atoms with Gasteiger partial charge in [-0.15, -0.1) is 0 Å². The molecule has 5 nitrogen and oxygen atoms in total. The van der Waals surface area contributed by atoms with Crippen molar-refractivity contribution >= 4 is 19.9 Å². The fourth-order valence-corrected chi connectivity index (χ4v) is 4.52. The number of hydrogen-bond acceptors (Lipinski definition) is 4. The minimum atomic E-state index is -3.65. The van der Waals surface area contributed by atoms with Crippen molar-refractivity contribution in [1.82, 2.24) is 4.31 Å². The van der Waals surface area contributed by atoms with Crippen LogP contribution in [-0.4, -0.2) is 34.4 Å². The van der Waals surface area contributed by atoms with Gasteiger partial charge in [-0.1, -0.05) is 18.2 Å². The Bertz CT molecular complexity index is 978. The van der Waals surface area contributed by atoms with Gasteiger partial charge in [0.15, 0.2) is 9.84 Å². The van der Waals surface area contributed by atoms with Crippen molar-refractivity contribution in [1.29, 1.82) is 0 Å². The number of nitrogens with zero attached hydrogens (tertiary/aromatic N) is 1. The monoisotopic (exact) mass is 381 g/mol. The molecule has 0 spiro atoms. The van der Waals surface area contributed by atoms with Crippen molar-refractivity contribution in [3.63, 3.8) is 0 Å². The molecule has 2 rings (SSSR count). The van der Waals surface area contributed by atoms with Crippen LogP contribution in [0.5, 0.6) is 0 Å². The molecule has 136 valence electrons. The number of sulfone groups is 1. The summed E-state index contributed by atoms with van der Waals surface area (Å²) in [6.45, 7) is 5.58. The first-order valence-electron chi connectivity index (χ1n) is 7.80. The molecule has 2 aromatic rings. The fraction of sp³-hybridized carbons (Fsp3) is 0.333. The van der Waals surface area contributed by atoms with Gasteiger partial charge >= 0.3 is 0 Å². The molecule has 0 aromatic heterocycles. The van der Waals surface area contributed by atoms with E-state index in [0.717, 1.165) is 22.9 Å². The molecule has 0 aliphatic carbocycles. The Morgan fingerprint density at radius 1 is 0.840 bits per heavy atom. The summed E-state index contributed by atoms with van der Waals surface area (Å²) in [5, 5.41) is 0. The smallest absolute Gasteiger partial charge is 0.224 e. The molecule has 1 atom stereocenters. The van der Waals surface area contributed by atoms with Crippen molar-refractivity contribution in [2.75, 3.05) is 13.3 Å². The summed E-state index contributed by atoms with van der Waals surface area (Å²) in [6, 6.07) is 10.9. The van der Waals surface area contributed by atoms with Gasteiger partial charge in [-0.3, -0.25) is 0 Å². The summed E-state index contributed by atoms with van der Waals surface area (Å²) in [6.07, 6.45) is 1.14. The van der Waals surface area contributed by atoms with Gasteiger partial charge in [0, 0.05) is 19.3 Å². The molecule has 1 unspecified atom stereocenters. The third kappa shape index (κ3) is 4.11. The van der Waals surface area contributed by atoms with Crippen LogP contribution in [0.3, 0.4) is 0 Å². The maximum Gasteiger partial charge on any atom is 0.243 e. The molecule has 0 radical (unpaired) electrons. The molecule has 0 aliphatic rings. The van der Waals surface area contributed by atoms with E-state index in [1.165, 1.54) is 23.5 Å². The first kappa shape index (κ1) is 19.6. The predicted molar refractivity (Wildman–Crippen MR) is 98.8 cm³/mol. The van der Waals surface area contributed by atoms with Gasteiger partial charge in [0.05, 0.1) is 9.79 Å². The van der Waals surface area contributed by atoms with Crippen LogP contribution in [-0.2, 0) is 19.9 Å². The van der Waals surface area contributed by atoms with E-state index in [4.69, 9.17) is 0 Å². The van der Waals surface area contributed by atoms with Gasteiger partial charge in [-0.25, -0.2) is 16.8 Å².